The molecule has 0 amide bonds. The van der Waals surface area contributed by atoms with Crippen LogP contribution in [0.4, 0.5) is 5.82 Å². The van der Waals surface area contributed by atoms with Gasteiger partial charge in [-0.15, -0.1) is 0 Å². The molecule has 0 saturated carbocycles. The minimum absolute atomic E-state index is 0.334. The number of nitrogens with zero attached hydrogens (tertiary/aromatic N) is 1. The summed E-state index contributed by atoms with van der Waals surface area (Å²) in [6.07, 6.45) is 0.834. The summed E-state index contributed by atoms with van der Waals surface area (Å²) in [6.45, 7) is 3.89. The first-order chi connectivity index (χ1) is 9.02. The molecule has 2 aromatic rings. The fourth-order valence-corrected chi connectivity index (χ4v) is 2.03. The third kappa shape index (κ3) is 2.69. The Labute approximate surface area is 112 Å². The van der Waals surface area contributed by atoms with Gasteiger partial charge in [-0.1, -0.05) is 12.1 Å². The lowest BCUT2D eigenvalue weighted by Crippen LogP contribution is -2.07. The highest BCUT2D eigenvalue weighted by molar-refractivity contribution is 5.49. The Hall–Kier alpha value is -2.07. The second-order valence-electron chi connectivity index (χ2n) is 4.64. The van der Waals surface area contributed by atoms with Gasteiger partial charge in [0, 0.05) is 17.3 Å². The largest absolute Gasteiger partial charge is 0.496 e. The molecule has 0 saturated heterocycles. The topological polar surface area (TPSA) is 68.4 Å². The second-order valence-corrected chi connectivity index (χ2v) is 4.64. The third-order valence-corrected chi connectivity index (χ3v) is 3.06. The molecule has 0 radical (unpaired) electrons. The summed E-state index contributed by atoms with van der Waals surface area (Å²) in [6, 6.07) is 7.51. The average Bonchev–Trinajstić information content (AvgIpc) is 2.40. The van der Waals surface area contributed by atoms with Gasteiger partial charge in [-0.3, -0.25) is 0 Å². The van der Waals surface area contributed by atoms with Crippen LogP contribution in [0.5, 0.6) is 5.75 Å². The molecular weight excluding hydrogens is 240 g/mol. The number of benzene rings is 1. The van der Waals surface area contributed by atoms with E-state index in [0.29, 0.717) is 22.7 Å². The molecule has 0 aliphatic rings. The van der Waals surface area contributed by atoms with Crippen LogP contribution in [0.3, 0.4) is 0 Å². The fraction of sp³-hybridized carbons (Fsp3) is 0.267. The van der Waals surface area contributed by atoms with E-state index in [1.165, 1.54) is 0 Å². The van der Waals surface area contributed by atoms with Crippen LogP contribution in [0, 0.1) is 13.8 Å². The summed E-state index contributed by atoms with van der Waals surface area (Å²) < 4.78 is 5.32. The predicted octanol–water partition coefficient (Wildman–Crippen LogP) is 2.37. The van der Waals surface area contributed by atoms with E-state index in [0.717, 1.165) is 11.1 Å². The predicted molar refractivity (Wildman–Crippen MR) is 75.2 cm³/mol. The first kappa shape index (κ1) is 13.4. The quantitative estimate of drug-likeness (QED) is 0.886. The van der Waals surface area contributed by atoms with Gasteiger partial charge in [-0.2, -0.15) is 0 Å². The SMILES string of the molecule is COc1cc(C)ccc1C(O)c1cc(C)cnc1N. The molecule has 0 aliphatic carbocycles. The number of nitrogens with two attached hydrogens (primary N) is 1. The van der Waals surface area contributed by atoms with Crippen molar-refractivity contribution in [1.82, 2.24) is 4.98 Å². The number of hydrogen-bond donors (Lipinski definition) is 2. The fourth-order valence-electron chi connectivity index (χ4n) is 2.03. The number of aryl methyl sites for hydroxylation is 2. The highest BCUT2D eigenvalue weighted by atomic mass is 16.5. The first-order valence-electron chi connectivity index (χ1n) is 6.07. The monoisotopic (exact) mass is 258 g/mol. The number of nitrogen functional groups attached to an aromatic ring is 1. The summed E-state index contributed by atoms with van der Waals surface area (Å²) in [5.41, 5.74) is 9.15. The van der Waals surface area contributed by atoms with Gasteiger partial charge in [-0.25, -0.2) is 4.98 Å². The zero-order valence-electron chi connectivity index (χ0n) is 11.3. The molecule has 1 unspecified atom stereocenters. The molecule has 0 fully saturated rings. The average molecular weight is 258 g/mol. The van der Waals surface area contributed by atoms with Gasteiger partial charge in [0.15, 0.2) is 0 Å². The van der Waals surface area contributed by atoms with Crippen molar-refractivity contribution in [3.05, 3.63) is 52.7 Å². The lowest BCUT2D eigenvalue weighted by molar-refractivity contribution is 0.215. The number of aliphatic hydroxyl groups excluding tert-OH is 1. The summed E-state index contributed by atoms with van der Waals surface area (Å²) in [5.74, 6) is 0.981. The van der Waals surface area contributed by atoms with Crippen LogP contribution in [-0.4, -0.2) is 17.2 Å². The second kappa shape index (κ2) is 5.28. The number of pyridine rings is 1. The maximum Gasteiger partial charge on any atom is 0.129 e. The van der Waals surface area contributed by atoms with E-state index in [4.69, 9.17) is 10.5 Å². The Morgan fingerprint density at radius 1 is 1.16 bits per heavy atom. The van der Waals surface area contributed by atoms with Crippen molar-refractivity contribution in [3.8, 4) is 5.75 Å². The molecule has 1 aromatic heterocycles. The first-order valence-corrected chi connectivity index (χ1v) is 6.07. The molecule has 3 N–H and O–H groups in total. The number of hydrogen-bond acceptors (Lipinski definition) is 4. The van der Waals surface area contributed by atoms with Crippen LogP contribution >= 0.6 is 0 Å². The third-order valence-electron chi connectivity index (χ3n) is 3.06. The van der Waals surface area contributed by atoms with Gasteiger partial charge in [0.2, 0.25) is 0 Å². The summed E-state index contributed by atoms with van der Waals surface area (Å²) >= 11 is 0. The maximum atomic E-state index is 10.5. The van der Waals surface area contributed by atoms with Crippen LogP contribution in [0.25, 0.3) is 0 Å². The van der Waals surface area contributed by atoms with Gasteiger partial charge < -0.3 is 15.6 Å². The Morgan fingerprint density at radius 2 is 1.89 bits per heavy atom. The van der Waals surface area contributed by atoms with Gasteiger partial charge in [-0.05, 0) is 37.1 Å². The molecule has 0 spiro atoms. The van der Waals surface area contributed by atoms with Crippen LogP contribution < -0.4 is 10.5 Å². The number of methoxy groups -OCH3 is 1. The van der Waals surface area contributed by atoms with E-state index in [1.807, 2.05) is 38.1 Å². The van der Waals surface area contributed by atoms with E-state index >= 15 is 0 Å². The highest BCUT2D eigenvalue weighted by Gasteiger charge is 2.18. The minimum atomic E-state index is -0.844. The van der Waals surface area contributed by atoms with Crippen LogP contribution in [-0.2, 0) is 0 Å². The molecule has 19 heavy (non-hydrogen) atoms. The number of rotatable bonds is 3. The van der Waals surface area contributed by atoms with Gasteiger partial charge in [0.05, 0.1) is 7.11 Å². The van der Waals surface area contributed by atoms with Crippen molar-refractivity contribution in [1.29, 1.82) is 0 Å². The van der Waals surface area contributed by atoms with Crippen LogP contribution in [0.2, 0.25) is 0 Å². The lowest BCUT2D eigenvalue weighted by atomic mass is 9.99. The highest BCUT2D eigenvalue weighted by Crippen LogP contribution is 2.32. The van der Waals surface area contributed by atoms with Crippen molar-refractivity contribution in [2.45, 2.75) is 20.0 Å². The van der Waals surface area contributed by atoms with Crippen LogP contribution in [0.15, 0.2) is 30.5 Å². The molecule has 0 aliphatic heterocycles. The number of aromatic nitrogens is 1. The molecule has 1 heterocycles. The molecule has 0 bridgehead atoms. The van der Waals surface area contributed by atoms with Crippen molar-refractivity contribution in [3.63, 3.8) is 0 Å². The molecule has 2 rings (SSSR count). The molecular formula is C15H18N2O2. The van der Waals surface area contributed by atoms with Gasteiger partial charge in [0.25, 0.3) is 0 Å². The van der Waals surface area contributed by atoms with Crippen molar-refractivity contribution >= 4 is 5.82 Å². The van der Waals surface area contributed by atoms with E-state index in [9.17, 15) is 5.11 Å². The van der Waals surface area contributed by atoms with E-state index in [1.54, 1.807) is 13.3 Å². The van der Waals surface area contributed by atoms with E-state index in [-0.39, 0.29) is 0 Å². The number of aliphatic hydroxyl groups is 1. The Morgan fingerprint density at radius 3 is 2.58 bits per heavy atom. The minimum Gasteiger partial charge on any atom is -0.496 e. The van der Waals surface area contributed by atoms with Crippen molar-refractivity contribution < 1.29 is 9.84 Å². The van der Waals surface area contributed by atoms with Gasteiger partial charge in [0.1, 0.15) is 17.7 Å². The molecule has 1 aromatic carbocycles. The molecule has 1 atom stereocenters. The Bertz CT molecular complexity index is 597. The Kier molecular flexibility index (Phi) is 3.71. The molecule has 4 nitrogen and oxygen atoms in total. The number of ether oxygens (including phenoxy) is 1. The Balaban J connectivity index is 2.49. The summed E-state index contributed by atoms with van der Waals surface area (Å²) in [7, 11) is 1.59. The smallest absolute Gasteiger partial charge is 0.129 e. The van der Waals surface area contributed by atoms with Crippen molar-refractivity contribution in [2.75, 3.05) is 12.8 Å². The summed E-state index contributed by atoms with van der Waals surface area (Å²) in [5, 5.41) is 10.5. The lowest BCUT2D eigenvalue weighted by Gasteiger charge is -2.17. The normalized spacial score (nSPS) is 12.2. The van der Waals surface area contributed by atoms with Gasteiger partial charge >= 0.3 is 0 Å². The zero-order valence-corrected chi connectivity index (χ0v) is 11.3. The standard InChI is InChI=1S/C15H18N2O2/c1-9-4-5-11(13(7-9)19-3)14(18)12-6-10(2)8-17-15(12)16/h4-8,14,18H,1-3H3,(H2,16,17). The van der Waals surface area contributed by atoms with E-state index in [2.05, 4.69) is 4.98 Å². The molecule has 100 valence electrons. The maximum absolute atomic E-state index is 10.5. The van der Waals surface area contributed by atoms with Crippen LogP contribution in [0.1, 0.15) is 28.4 Å². The summed E-state index contributed by atoms with van der Waals surface area (Å²) in [4.78, 5) is 4.08. The zero-order chi connectivity index (χ0) is 14.0. The molecule has 4 heteroatoms. The number of anilines is 1. The van der Waals surface area contributed by atoms with Crippen molar-refractivity contribution in [2.24, 2.45) is 0 Å². The van der Waals surface area contributed by atoms with E-state index < -0.39 is 6.10 Å².